The number of halogens is 1. The van der Waals surface area contributed by atoms with Crippen molar-refractivity contribution >= 4 is 17.3 Å². The summed E-state index contributed by atoms with van der Waals surface area (Å²) in [6.45, 7) is 4.31. The number of aromatic nitrogens is 1. The Hall–Kier alpha value is -0.800. The highest BCUT2D eigenvalue weighted by atomic mass is 35.5. The fourth-order valence-electron chi connectivity index (χ4n) is 3.09. The van der Waals surface area contributed by atoms with Crippen LogP contribution in [0.1, 0.15) is 24.8 Å². The van der Waals surface area contributed by atoms with Crippen LogP contribution in [0.25, 0.3) is 0 Å². The molecule has 1 aromatic heterocycles. The monoisotopic (exact) mass is 251 g/mol. The Morgan fingerprint density at radius 3 is 3.18 bits per heavy atom. The lowest BCUT2D eigenvalue weighted by Crippen LogP contribution is -2.48. The van der Waals surface area contributed by atoms with Crippen LogP contribution in [0.4, 0.5) is 5.69 Å². The Morgan fingerprint density at radius 2 is 2.35 bits per heavy atom. The average Bonchev–Trinajstić information content (AvgIpc) is 2.80. The molecule has 0 saturated carbocycles. The molecule has 0 amide bonds. The summed E-state index contributed by atoms with van der Waals surface area (Å²) < 4.78 is 0. The molecule has 0 aromatic carbocycles. The molecule has 17 heavy (non-hydrogen) atoms. The second kappa shape index (κ2) is 4.46. The first-order chi connectivity index (χ1) is 8.25. The first kappa shape index (κ1) is 11.3. The van der Waals surface area contributed by atoms with Gasteiger partial charge in [-0.1, -0.05) is 11.6 Å². The smallest absolute Gasteiger partial charge is 0.132 e. The number of pyridine rings is 1. The summed E-state index contributed by atoms with van der Waals surface area (Å²) >= 11 is 5.99. The fraction of sp³-hybridized carbons (Fsp3) is 0.615. The molecule has 3 nitrogen and oxygen atoms in total. The maximum absolute atomic E-state index is 5.99. The topological polar surface area (TPSA) is 28.2 Å². The van der Waals surface area contributed by atoms with Gasteiger partial charge in [-0.3, -0.25) is 0 Å². The van der Waals surface area contributed by atoms with Crippen LogP contribution in [0.5, 0.6) is 0 Å². The molecule has 3 rings (SSSR count). The van der Waals surface area contributed by atoms with E-state index in [-0.39, 0.29) is 0 Å². The van der Waals surface area contributed by atoms with E-state index < -0.39 is 0 Å². The lowest BCUT2D eigenvalue weighted by molar-refractivity contribution is 0.412. The number of rotatable bonds is 1. The third-order valence-corrected chi connectivity index (χ3v) is 4.35. The van der Waals surface area contributed by atoms with Crippen molar-refractivity contribution in [3.05, 3.63) is 23.0 Å². The number of aryl methyl sites for hydroxylation is 1. The first-order valence-electron chi connectivity index (χ1n) is 6.38. The van der Waals surface area contributed by atoms with Crippen molar-refractivity contribution in [2.24, 2.45) is 0 Å². The Morgan fingerprint density at radius 1 is 1.47 bits per heavy atom. The molecule has 2 unspecified atom stereocenters. The van der Waals surface area contributed by atoms with E-state index in [0.29, 0.717) is 17.2 Å². The van der Waals surface area contributed by atoms with Crippen LogP contribution in [-0.2, 0) is 0 Å². The van der Waals surface area contributed by atoms with Gasteiger partial charge >= 0.3 is 0 Å². The maximum Gasteiger partial charge on any atom is 0.132 e. The Kier molecular flexibility index (Phi) is 2.97. The van der Waals surface area contributed by atoms with Crippen LogP contribution < -0.4 is 10.2 Å². The molecule has 2 aliphatic rings. The van der Waals surface area contributed by atoms with Gasteiger partial charge in [0.25, 0.3) is 0 Å². The number of hydrogen-bond donors (Lipinski definition) is 1. The van der Waals surface area contributed by atoms with E-state index >= 15 is 0 Å². The molecule has 2 fully saturated rings. The molecule has 0 aliphatic carbocycles. The molecule has 0 bridgehead atoms. The largest absolute Gasteiger partial charge is 0.366 e. The van der Waals surface area contributed by atoms with Crippen molar-refractivity contribution in [3.8, 4) is 0 Å². The molecule has 1 aromatic rings. The molecular formula is C13H18ClN3. The van der Waals surface area contributed by atoms with E-state index in [4.69, 9.17) is 11.6 Å². The molecule has 2 saturated heterocycles. The molecule has 2 atom stereocenters. The van der Waals surface area contributed by atoms with Gasteiger partial charge in [0.15, 0.2) is 0 Å². The maximum atomic E-state index is 5.99. The number of nitrogens with zero attached hydrogens (tertiary/aromatic N) is 2. The third-order valence-electron chi connectivity index (χ3n) is 3.96. The third kappa shape index (κ3) is 2.02. The van der Waals surface area contributed by atoms with Crippen LogP contribution >= 0.6 is 11.6 Å². The van der Waals surface area contributed by atoms with Gasteiger partial charge in [-0.05, 0) is 44.4 Å². The van der Waals surface area contributed by atoms with Crippen LogP contribution in [0, 0.1) is 6.92 Å². The number of piperidine rings is 1. The van der Waals surface area contributed by atoms with E-state index in [9.17, 15) is 0 Å². The second-order valence-electron chi connectivity index (χ2n) is 5.05. The van der Waals surface area contributed by atoms with Crippen molar-refractivity contribution in [2.75, 3.05) is 18.0 Å². The summed E-state index contributed by atoms with van der Waals surface area (Å²) in [4.78, 5) is 6.78. The number of anilines is 1. The quantitative estimate of drug-likeness (QED) is 0.777. The van der Waals surface area contributed by atoms with Crippen molar-refractivity contribution in [1.29, 1.82) is 0 Å². The number of hydrogen-bond acceptors (Lipinski definition) is 3. The zero-order chi connectivity index (χ0) is 11.8. The molecular weight excluding hydrogens is 234 g/mol. The first-order valence-corrected chi connectivity index (χ1v) is 6.75. The summed E-state index contributed by atoms with van der Waals surface area (Å²) in [6, 6.07) is 3.47. The highest BCUT2D eigenvalue weighted by Crippen LogP contribution is 2.30. The molecule has 0 radical (unpaired) electrons. The molecule has 0 spiro atoms. The highest BCUT2D eigenvalue weighted by molar-refractivity contribution is 6.30. The molecule has 1 N–H and O–H groups in total. The SMILES string of the molecule is Cc1cc(N2CCCC3NCCC32)cnc1Cl. The summed E-state index contributed by atoms with van der Waals surface area (Å²) in [5.74, 6) is 0. The van der Waals surface area contributed by atoms with Crippen molar-refractivity contribution in [3.63, 3.8) is 0 Å². The zero-order valence-corrected chi connectivity index (χ0v) is 10.9. The van der Waals surface area contributed by atoms with Gasteiger partial charge in [0.05, 0.1) is 11.9 Å². The minimum absolute atomic E-state index is 0.617. The lowest BCUT2D eigenvalue weighted by atomic mass is 9.97. The Bertz CT molecular complexity index is 421. The predicted octanol–water partition coefficient (Wildman–Crippen LogP) is 2.37. The zero-order valence-electron chi connectivity index (χ0n) is 10.1. The molecule has 92 valence electrons. The van der Waals surface area contributed by atoms with Gasteiger partial charge in [0.1, 0.15) is 5.15 Å². The van der Waals surface area contributed by atoms with Gasteiger partial charge in [0, 0.05) is 18.6 Å². The van der Waals surface area contributed by atoms with E-state index in [1.54, 1.807) is 0 Å². The molecule has 4 heteroatoms. The average molecular weight is 252 g/mol. The van der Waals surface area contributed by atoms with E-state index in [1.165, 1.54) is 24.9 Å². The number of nitrogens with one attached hydrogen (secondary N) is 1. The van der Waals surface area contributed by atoms with E-state index in [2.05, 4.69) is 21.3 Å². The van der Waals surface area contributed by atoms with Crippen LogP contribution in [0.2, 0.25) is 5.15 Å². The Balaban J connectivity index is 1.89. The van der Waals surface area contributed by atoms with Gasteiger partial charge in [-0.15, -0.1) is 0 Å². The Labute approximate surface area is 107 Å². The molecule has 3 heterocycles. The van der Waals surface area contributed by atoms with Gasteiger partial charge in [0.2, 0.25) is 0 Å². The molecule has 2 aliphatic heterocycles. The summed E-state index contributed by atoms with van der Waals surface area (Å²) in [7, 11) is 0. The van der Waals surface area contributed by atoms with Crippen molar-refractivity contribution < 1.29 is 0 Å². The predicted molar refractivity (Wildman–Crippen MR) is 70.8 cm³/mol. The summed E-state index contributed by atoms with van der Waals surface area (Å²) in [6.07, 6.45) is 5.72. The standard InChI is InChI=1S/C13H18ClN3/c1-9-7-10(8-16-13(9)14)17-6-2-3-11-12(17)4-5-15-11/h7-8,11-12,15H,2-6H2,1H3. The normalized spacial score (nSPS) is 28.2. The van der Waals surface area contributed by atoms with Crippen LogP contribution in [0.15, 0.2) is 12.3 Å². The minimum atomic E-state index is 0.617. The van der Waals surface area contributed by atoms with Crippen LogP contribution in [0.3, 0.4) is 0 Å². The van der Waals surface area contributed by atoms with E-state index in [0.717, 1.165) is 18.7 Å². The second-order valence-corrected chi connectivity index (χ2v) is 5.41. The highest BCUT2D eigenvalue weighted by Gasteiger charge is 2.34. The summed E-state index contributed by atoms with van der Waals surface area (Å²) in [5, 5.41) is 4.21. The van der Waals surface area contributed by atoms with Gasteiger partial charge < -0.3 is 10.2 Å². The van der Waals surface area contributed by atoms with Gasteiger partial charge in [-0.25, -0.2) is 4.98 Å². The number of fused-ring (bicyclic) bond motifs is 1. The van der Waals surface area contributed by atoms with Crippen LogP contribution in [-0.4, -0.2) is 30.2 Å². The fourth-order valence-corrected chi connectivity index (χ4v) is 3.19. The van der Waals surface area contributed by atoms with Gasteiger partial charge in [-0.2, -0.15) is 0 Å². The van der Waals surface area contributed by atoms with Crippen molar-refractivity contribution in [2.45, 2.75) is 38.3 Å². The lowest BCUT2D eigenvalue weighted by Gasteiger charge is -2.39. The van der Waals surface area contributed by atoms with E-state index in [1.807, 2.05) is 13.1 Å². The van der Waals surface area contributed by atoms with Crippen molar-refractivity contribution in [1.82, 2.24) is 10.3 Å². The minimum Gasteiger partial charge on any atom is -0.366 e. The summed E-state index contributed by atoms with van der Waals surface area (Å²) in [5.41, 5.74) is 2.29.